The maximum absolute atomic E-state index is 12.5. The van der Waals surface area contributed by atoms with E-state index in [2.05, 4.69) is 21.2 Å². The highest BCUT2D eigenvalue weighted by atomic mass is 79.9. The summed E-state index contributed by atoms with van der Waals surface area (Å²) in [4.78, 5) is 24.6. The summed E-state index contributed by atoms with van der Waals surface area (Å²) in [5.41, 5.74) is 1.61. The quantitative estimate of drug-likeness (QED) is 0.488. The molecule has 0 aromatic heterocycles. The number of aryl methyl sites for hydroxylation is 1. The Morgan fingerprint density at radius 1 is 1.26 bits per heavy atom. The third kappa shape index (κ3) is 4.19. The van der Waals surface area contributed by atoms with Crippen molar-refractivity contribution in [3.8, 4) is 0 Å². The molecule has 0 heterocycles. The maximum Gasteiger partial charge on any atom is 0.306 e. The van der Waals surface area contributed by atoms with Crippen molar-refractivity contribution in [2.24, 2.45) is 17.3 Å². The van der Waals surface area contributed by atoms with Gasteiger partial charge in [0.25, 0.3) is 5.91 Å². The summed E-state index contributed by atoms with van der Waals surface area (Å²) in [5, 5.41) is 3.18. The van der Waals surface area contributed by atoms with Crippen LogP contribution < -0.4 is 5.32 Å². The molecular weight excluding hydrogens is 430 g/mol. The lowest BCUT2D eigenvalue weighted by atomic mass is 9.49. The molecule has 4 aliphatic rings. The average Bonchev–Trinajstić information content (AvgIpc) is 2.53. The molecule has 6 heteroatoms. The van der Waals surface area contributed by atoms with E-state index in [-0.39, 0.29) is 28.2 Å². The van der Waals surface area contributed by atoms with Gasteiger partial charge in [-0.2, -0.15) is 0 Å². The molecule has 4 saturated carbocycles. The van der Waals surface area contributed by atoms with Crippen molar-refractivity contribution in [2.75, 3.05) is 11.9 Å². The topological polar surface area (TPSA) is 55.4 Å². The number of halogens is 2. The van der Waals surface area contributed by atoms with Crippen molar-refractivity contribution < 1.29 is 14.3 Å². The Hall–Kier alpha value is -1.07. The van der Waals surface area contributed by atoms with E-state index in [0.29, 0.717) is 17.1 Å². The van der Waals surface area contributed by atoms with Gasteiger partial charge in [0.1, 0.15) is 0 Å². The Kier molecular flexibility index (Phi) is 5.04. The van der Waals surface area contributed by atoms with Crippen LogP contribution in [0.5, 0.6) is 0 Å². The number of alkyl halides is 1. The average molecular weight is 455 g/mol. The number of esters is 1. The lowest BCUT2D eigenvalue weighted by Crippen LogP contribution is -2.53. The molecule has 4 aliphatic carbocycles. The van der Waals surface area contributed by atoms with E-state index in [0.717, 1.165) is 36.7 Å². The number of carbonyl (C=O) groups is 2. The largest absolute Gasteiger partial charge is 0.456 e. The van der Waals surface area contributed by atoms with E-state index in [1.165, 1.54) is 19.3 Å². The highest BCUT2D eigenvalue weighted by Crippen LogP contribution is 2.65. The van der Waals surface area contributed by atoms with Crippen LogP contribution in [0.3, 0.4) is 0 Å². The predicted molar refractivity (Wildman–Crippen MR) is 109 cm³/mol. The van der Waals surface area contributed by atoms with Crippen molar-refractivity contribution >= 4 is 45.1 Å². The number of hydrogen-bond acceptors (Lipinski definition) is 3. The van der Waals surface area contributed by atoms with Gasteiger partial charge in [0.2, 0.25) is 0 Å². The predicted octanol–water partition coefficient (Wildman–Crippen LogP) is 5.25. The lowest BCUT2D eigenvalue weighted by molar-refractivity contribution is -0.153. The standard InChI is InChI=1S/C21H25BrClNO3/c1-13-2-3-17(16(23)4-13)24-18(25)11-27-19(26)10-20-6-14-5-15(7-20)9-21(22,8-14)12-20/h2-4,14-15H,5-12H2,1H3,(H,24,25). The maximum atomic E-state index is 12.5. The molecule has 0 spiro atoms. The van der Waals surface area contributed by atoms with E-state index < -0.39 is 0 Å². The molecular formula is C21H25BrClNO3. The summed E-state index contributed by atoms with van der Waals surface area (Å²) in [5.74, 6) is 0.825. The molecule has 1 amide bonds. The third-order valence-electron chi connectivity index (χ3n) is 6.39. The molecule has 5 rings (SSSR count). The van der Waals surface area contributed by atoms with Gasteiger partial charge in [0.05, 0.1) is 17.1 Å². The zero-order valence-electron chi connectivity index (χ0n) is 15.5. The van der Waals surface area contributed by atoms with Crippen LogP contribution in [0.1, 0.15) is 50.5 Å². The minimum atomic E-state index is -0.364. The fraction of sp³-hybridized carbons (Fsp3) is 0.619. The van der Waals surface area contributed by atoms with Crippen molar-refractivity contribution in [1.82, 2.24) is 0 Å². The number of amides is 1. The van der Waals surface area contributed by atoms with Crippen LogP contribution in [0.4, 0.5) is 5.69 Å². The van der Waals surface area contributed by atoms with Crippen LogP contribution in [0.25, 0.3) is 0 Å². The summed E-state index contributed by atoms with van der Waals surface area (Å²) >= 11 is 10.1. The zero-order valence-corrected chi connectivity index (χ0v) is 17.9. The number of anilines is 1. The summed E-state index contributed by atoms with van der Waals surface area (Å²) in [7, 11) is 0. The minimum absolute atomic E-state index is 0.0570. The molecule has 2 atom stereocenters. The van der Waals surface area contributed by atoms with E-state index in [9.17, 15) is 9.59 Å². The number of ether oxygens (including phenoxy) is 1. The molecule has 1 aromatic carbocycles. The number of rotatable bonds is 5. The van der Waals surface area contributed by atoms with Gasteiger partial charge in [0.15, 0.2) is 6.61 Å². The second-order valence-electron chi connectivity index (χ2n) is 8.98. The van der Waals surface area contributed by atoms with Crippen molar-refractivity contribution in [3.63, 3.8) is 0 Å². The molecule has 0 radical (unpaired) electrons. The van der Waals surface area contributed by atoms with E-state index in [1.54, 1.807) is 12.1 Å². The van der Waals surface area contributed by atoms with Gasteiger partial charge in [-0.15, -0.1) is 0 Å². The molecule has 4 bridgehead atoms. The van der Waals surface area contributed by atoms with Crippen LogP contribution in [-0.4, -0.2) is 22.8 Å². The van der Waals surface area contributed by atoms with Gasteiger partial charge in [0, 0.05) is 4.32 Å². The summed E-state index contributed by atoms with van der Waals surface area (Å²) in [6.07, 6.45) is 7.50. The van der Waals surface area contributed by atoms with Gasteiger partial charge in [-0.3, -0.25) is 9.59 Å². The first kappa shape index (κ1) is 19.3. The molecule has 146 valence electrons. The van der Waals surface area contributed by atoms with Crippen molar-refractivity contribution in [3.05, 3.63) is 28.8 Å². The van der Waals surface area contributed by atoms with Crippen LogP contribution >= 0.6 is 27.5 Å². The first-order chi connectivity index (χ1) is 12.7. The number of carbonyl (C=O) groups excluding carboxylic acids is 2. The Morgan fingerprint density at radius 2 is 1.96 bits per heavy atom. The first-order valence-electron chi connectivity index (χ1n) is 9.65. The summed E-state index contributed by atoms with van der Waals surface area (Å²) < 4.78 is 5.52. The van der Waals surface area contributed by atoms with Crippen LogP contribution in [0, 0.1) is 24.2 Å². The SMILES string of the molecule is Cc1ccc(NC(=O)COC(=O)CC23CC4CC(CC(Br)(C4)C2)C3)c(Cl)c1. The molecule has 0 aliphatic heterocycles. The van der Waals surface area contributed by atoms with E-state index >= 15 is 0 Å². The van der Waals surface area contributed by atoms with Gasteiger partial charge < -0.3 is 10.1 Å². The highest BCUT2D eigenvalue weighted by molar-refractivity contribution is 9.10. The number of benzene rings is 1. The minimum Gasteiger partial charge on any atom is -0.456 e. The van der Waals surface area contributed by atoms with Gasteiger partial charge in [-0.05, 0) is 80.4 Å². The first-order valence-corrected chi connectivity index (χ1v) is 10.8. The van der Waals surface area contributed by atoms with Crippen LogP contribution in [0.2, 0.25) is 5.02 Å². The third-order valence-corrected chi connectivity index (χ3v) is 7.63. The molecule has 1 N–H and O–H groups in total. The Bertz CT molecular complexity index is 767. The monoisotopic (exact) mass is 453 g/mol. The Balaban J connectivity index is 1.30. The van der Waals surface area contributed by atoms with Crippen molar-refractivity contribution in [1.29, 1.82) is 0 Å². The fourth-order valence-corrected chi connectivity index (χ4v) is 7.75. The van der Waals surface area contributed by atoms with E-state index in [1.807, 2.05) is 13.0 Å². The Morgan fingerprint density at radius 3 is 2.59 bits per heavy atom. The number of hydrogen-bond donors (Lipinski definition) is 1. The zero-order chi connectivity index (χ0) is 19.2. The molecule has 1 aromatic rings. The molecule has 4 nitrogen and oxygen atoms in total. The summed E-state index contributed by atoms with van der Waals surface area (Å²) in [6, 6.07) is 5.41. The molecule has 4 fully saturated rings. The van der Waals surface area contributed by atoms with E-state index in [4.69, 9.17) is 16.3 Å². The summed E-state index contributed by atoms with van der Waals surface area (Å²) in [6.45, 7) is 1.66. The number of nitrogens with one attached hydrogen (secondary N) is 1. The molecule has 2 unspecified atom stereocenters. The smallest absolute Gasteiger partial charge is 0.306 e. The van der Waals surface area contributed by atoms with Gasteiger partial charge in [-0.25, -0.2) is 0 Å². The van der Waals surface area contributed by atoms with Gasteiger partial charge in [-0.1, -0.05) is 33.6 Å². The van der Waals surface area contributed by atoms with Crippen LogP contribution in [-0.2, 0) is 14.3 Å². The second-order valence-corrected chi connectivity index (χ2v) is 11.1. The normalized spacial score (nSPS) is 33.7. The fourth-order valence-electron chi connectivity index (χ4n) is 5.95. The molecule has 27 heavy (non-hydrogen) atoms. The molecule has 0 saturated heterocycles. The lowest BCUT2D eigenvalue weighted by Gasteiger charge is -2.60. The second kappa shape index (κ2) is 7.07. The van der Waals surface area contributed by atoms with Crippen molar-refractivity contribution in [2.45, 2.75) is 56.2 Å². The highest BCUT2D eigenvalue weighted by Gasteiger charge is 2.57. The van der Waals surface area contributed by atoms with Gasteiger partial charge >= 0.3 is 5.97 Å². The Labute approximate surface area is 173 Å². The van der Waals surface area contributed by atoms with Crippen LogP contribution in [0.15, 0.2) is 18.2 Å².